The highest BCUT2D eigenvalue weighted by Gasteiger charge is 2.20. The van der Waals surface area contributed by atoms with Crippen LogP contribution < -0.4 is 11.1 Å². The van der Waals surface area contributed by atoms with Crippen LogP contribution in [0.15, 0.2) is 79.3 Å². The van der Waals surface area contributed by atoms with Crippen LogP contribution in [0.5, 0.6) is 0 Å². The van der Waals surface area contributed by atoms with Crippen LogP contribution in [-0.2, 0) is 0 Å². The summed E-state index contributed by atoms with van der Waals surface area (Å²) in [4.78, 5) is 9.21. The van der Waals surface area contributed by atoms with E-state index >= 15 is 0 Å². The van der Waals surface area contributed by atoms with Crippen molar-refractivity contribution in [2.45, 2.75) is 5.92 Å². The Morgan fingerprint density at radius 2 is 1.77 bits per heavy atom. The van der Waals surface area contributed by atoms with Crippen molar-refractivity contribution in [3.8, 4) is 22.8 Å². The smallest absolute Gasteiger partial charge is 0.149 e. The minimum atomic E-state index is 0.462. The van der Waals surface area contributed by atoms with Gasteiger partial charge in [0.05, 0.1) is 22.3 Å². The van der Waals surface area contributed by atoms with Gasteiger partial charge in [-0.3, -0.25) is 4.57 Å². The van der Waals surface area contributed by atoms with Crippen LogP contribution in [0.2, 0.25) is 0 Å². The molecule has 3 aromatic heterocycles. The summed E-state index contributed by atoms with van der Waals surface area (Å²) in [7, 11) is 0. The van der Waals surface area contributed by atoms with E-state index in [1.54, 1.807) is 12.4 Å². The Morgan fingerprint density at radius 3 is 2.48 bits per heavy atom. The summed E-state index contributed by atoms with van der Waals surface area (Å²) in [6.07, 6.45) is 5.41. The fourth-order valence-electron chi connectivity index (χ4n) is 4.10. The molecular weight excluding hydrogens is 386 g/mol. The molecule has 1 fully saturated rings. The van der Waals surface area contributed by atoms with Gasteiger partial charge >= 0.3 is 0 Å². The SMILES string of the molecule is Nc1ncccc1-c1nc2ccc(-n3cccn3)cc2n1-c1ccc(C2CNC2)cc1. The van der Waals surface area contributed by atoms with E-state index < -0.39 is 0 Å². The fourth-order valence-corrected chi connectivity index (χ4v) is 4.10. The molecule has 6 rings (SSSR count). The lowest BCUT2D eigenvalue weighted by Crippen LogP contribution is -2.39. The first-order chi connectivity index (χ1) is 15.3. The third-order valence-electron chi connectivity index (χ3n) is 5.89. The molecule has 0 unspecified atom stereocenters. The number of imidazole rings is 1. The molecule has 1 aliphatic rings. The van der Waals surface area contributed by atoms with Gasteiger partial charge in [0.15, 0.2) is 0 Å². The number of benzene rings is 2. The Bertz CT molecular complexity index is 1360. The molecule has 5 aromatic rings. The van der Waals surface area contributed by atoms with Gasteiger partial charge in [0.2, 0.25) is 0 Å². The van der Waals surface area contributed by atoms with E-state index in [0.29, 0.717) is 11.7 Å². The minimum Gasteiger partial charge on any atom is -0.383 e. The Morgan fingerprint density at radius 1 is 0.935 bits per heavy atom. The molecule has 0 radical (unpaired) electrons. The van der Waals surface area contributed by atoms with Crippen LogP contribution >= 0.6 is 0 Å². The Labute approximate surface area is 179 Å². The standard InChI is InChI=1S/C24H21N7/c25-23-20(3-1-10-27-23)24-29-21-9-8-19(30-12-2-11-28-30)13-22(21)31(24)18-6-4-16(5-7-18)17-14-26-15-17/h1-13,17,26H,14-15H2,(H2,25,27). The van der Waals surface area contributed by atoms with Gasteiger partial charge in [-0.15, -0.1) is 0 Å². The van der Waals surface area contributed by atoms with Gasteiger partial charge in [-0.1, -0.05) is 12.1 Å². The number of fused-ring (bicyclic) bond motifs is 1. The number of rotatable bonds is 4. The highest BCUT2D eigenvalue weighted by molar-refractivity contribution is 5.86. The van der Waals surface area contributed by atoms with Crippen LogP contribution in [0.25, 0.3) is 33.8 Å². The lowest BCUT2D eigenvalue weighted by Gasteiger charge is -2.27. The summed E-state index contributed by atoms with van der Waals surface area (Å²) in [5.41, 5.74) is 12.3. The van der Waals surface area contributed by atoms with Crippen molar-refractivity contribution in [1.82, 2.24) is 29.6 Å². The minimum absolute atomic E-state index is 0.462. The first-order valence-corrected chi connectivity index (χ1v) is 10.3. The highest BCUT2D eigenvalue weighted by Crippen LogP contribution is 2.32. The summed E-state index contributed by atoms with van der Waals surface area (Å²) >= 11 is 0. The van der Waals surface area contributed by atoms with Gasteiger partial charge in [0.1, 0.15) is 11.6 Å². The molecule has 0 saturated carbocycles. The largest absolute Gasteiger partial charge is 0.383 e. The maximum atomic E-state index is 6.23. The average Bonchev–Trinajstić information content (AvgIpc) is 3.41. The first-order valence-electron chi connectivity index (χ1n) is 10.3. The average molecular weight is 407 g/mol. The van der Waals surface area contributed by atoms with Crippen LogP contribution in [-0.4, -0.2) is 37.4 Å². The van der Waals surface area contributed by atoms with Gasteiger partial charge in [-0.2, -0.15) is 5.10 Å². The third-order valence-corrected chi connectivity index (χ3v) is 5.89. The number of anilines is 1. The number of nitrogens with zero attached hydrogens (tertiary/aromatic N) is 5. The van der Waals surface area contributed by atoms with Gasteiger partial charge in [-0.25, -0.2) is 14.6 Å². The molecule has 7 nitrogen and oxygen atoms in total. The normalized spacial score (nSPS) is 14.1. The predicted octanol–water partition coefficient (Wildman–Crippen LogP) is 3.54. The van der Waals surface area contributed by atoms with Crippen molar-refractivity contribution < 1.29 is 0 Å². The molecule has 0 aliphatic carbocycles. The number of hydrogen-bond donors (Lipinski definition) is 2. The number of pyridine rings is 1. The Kier molecular flexibility index (Phi) is 4.07. The predicted molar refractivity (Wildman–Crippen MR) is 121 cm³/mol. The van der Waals surface area contributed by atoms with E-state index in [2.05, 4.69) is 50.3 Å². The zero-order valence-electron chi connectivity index (χ0n) is 16.8. The van der Waals surface area contributed by atoms with Crippen molar-refractivity contribution in [3.05, 3.63) is 84.8 Å². The van der Waals surface area contributed by atoms with Gasteiger partial charge in [-0.05, 0) is 54.1 Å². The molecular formula is C24H21N7. The number of nitrogens with two attached hydrogens (primary N) is 1. The van der Waals surface area contributed by atoms with Crippen molar-refractivity contribution >= 4 is 16.9 Å². The Hall–Kier alpha value is -3.97. The molecule has 0 atom stereocenters. The second kappa shape index (κ2) is 7.07. The third kappa shape index (κ3) is 2.98. The van der Waals surface area contributed by atoms with Crippen LogP contribution in [0.3, 0.4) is 0 Å². The van der Waals surface area contributed by atoms with E-state index in [1.165, 1.54) is 5.56 Å². The topological polar surface area (TPSA) is 86.6 Å². The Balaban J connectivity index is 1.57. The molecule has 3 N–H and O–H groups in total. The monoisotopic (exact) mass is 407 g/mol. The number of hydrogen-bond acceptors (Lipinski definition) is 5. The van der Waals surface area contributed by atoms with Gasteiger partial charge in [0, 0.05) is 43.3 Å². The lowest BCUT2D eigenvalue weighted by molar-refractivity contribution is 0.448. The summed E-state index contributed by atoms with van der Waals surface area (Å²) in [6.45, 7) is 2.08. The molecule has 0 spiro atoms. The number of nitrogen functional groups attached to an aromatic ring is 1. The molecule has 1 saturated heterocycles. The second-order valence-corrected chi connectivity index (χ2v) is 7.78. The molecule has 1 aliphatic heterocycles. The van der Waals surface area contributed by atoms with Crippen LogP contribution in [0.1, 0.15) is 11.5 Å². The van der Waals surface area contributed by atoms with E-state index in [-0.39, 0.29) is 0 Å². The molecule has 0 bridgehead atoms. The molecule has 0 amide bonds. The zero-order chi connectivity index (χ0) is 20.8. The number of aromatic nitrogens is 5. The summed E-state index contributed by atoms with van der Waals surface area (Å²) in [5, 5.41) is 7.71. The first kappa shape index (κ1) is 17.9. The van der Waals surface area contributed by atoms with Crippen molar-refractivity contribution in [2.75, 3.05) is 18.8 Å². The lowest BCUT2D eigenvalue weighted by atomic mass is 9.94. The van der Waals surface area contributed by atoms with Crippen molar-refractivity contribution in [1.29, 1.82) is 0 Å². The van der Waals surface area contributed by atoms with Crippen molar-refractivity contribution in [2.24, 2.45) is 0 Å². The van der Waals surface area contributed by atoms with E-state index in [4.69, 9.17) is 10.7 Å². The van der Waals surface area contributed by atoms with E-state index in [9.17, 15) is 0 Å². The molecule has 4 heterocycles. The van der Waals surface area contributed by atoms with Crippen LogP contribution in [0.4, 0.5) is 5.82 Å². The van der Waals surface area contributed by atoms with E-state index in [0.717, 1.165) is 46.9 Å². The van der Waals surface area contributed by atoms with E-state index in [1.807, 2.05) is 41.2 Å². The van der Waals surface area contributed by atoms with Crippen molar-refractivity contribution in [3.63, 3.8) is 0 Å². The van der Waals surface area contributed by atoms with Crippen LogP contribution in [0, 0.1) is 0 Å². The quantitative estimate of drug-likeness (QED) is 0.476. The number of nitrogens with one attached hydrogen (secondary N) is 1. The maximum absolute atomic E-state index is 6.23. The summed E-state index contributed by atoms with van der Waals surface area (Å²) in [6, 6.07) is 20.6. The van der Waals surface area contributed by atoms with Gasteiger partial charge < -0.3 is 11.1 Å². The molecule has 152 valence electrons. The summed E-state index contributed by atoms with van der Waals surface area (Å²) < 4.78 is 4.00. The molecule has 7 heteroatoms. The molecule has 31 heavy (non-hydrogen) atoms. The second-order valence-electron chi connectivity index (χ2n) is 7.78. The maximum Gasteiger partial charge on any atom is 0.149 e. The molecule has 2 aromatic carbocycles. The zero-order valence-corrected chi connectivity index (χ0v) is 16.8. The highest BCUT2D eigenvalue weighted by atomic mass is 15.3. The fraction of sp³-hybridized carbons (Fsp3) is 0.125. The summed E-state index contributed by atoms with van der Waals surface area (Å²) in [5.74, 6) is 1.83. The van der Waals surface area contributed by atoms with Gasteiger partial charge in [0.25, 0.3) is 0 Å².